The molecule has 2 N–H and O–H groups in total. The van der Waals surface area contributed by atoms with Crippen molar-refractivity contribution in [1.29, 1.82) is 0 Å². The van der Waals surface area contributed by atoms with E-state index in [0.29, 0.717) is 11.0 Å². The summed E-state index contributed by atoms with van der Waals surface area (Å²) < 4.78 is 5.33. The second kappa shape index (κ2) is 6.75. The molecule has 0 radical (unpaired) electrons. The number of piperidine rings is 1. The second-order valence-electron chi connectivity index (χ2n) is 6.39. The van der Waals surface area contributed by atoms with Crippen LogP contribution in [0.25, 0.3) is 0 Å². The van der Waals surface area contributed by atoms with Crippen LogP contribution in [0.4, 0.5) is 0 Å². The van der Waals surface area contributed by atoms with Gasteiger partial charge in [0.15, 0.2) is 0 Å². The Kier molecular flexibility index (Phi) is 5.22. The lowest BCUT2D eigenvalue weighted by Crippen LogP contribution is -2.45. The van der Waals surface area contributed by atoms with Crippen LogP contribution < -0.4 is 10.5 Å². The third-order valence-electron chi connectivity index (χ3n) is 4.63. The summed E-state index contributed by atoms with van der Waals surface area (Å²) in [6.45, 7) is 9.11. The number of methoxy groups -OCH3 is 1. The Hall–Kier alpha value is -1.13. The van der Waals surface area contributed by atoms with Crippen molar-refractivity contribution in [3.05, 3.63) is 29.3 Å². The number of nitrogens with two attached hydrogens (primary N) is 1. The Morgan fingerprint density at radius 1 is 1.38 bits per heavy atom. The molecular weight excluding hydrogens is 280 g/mol. The molecule has 0 saturated carbocycles. The van der Waals surface area contributed by atoms with Crippen LogP contribution in [0.15, 0.2) is 18.2 Å². The Labute approximate surface area is 133 Å². The Bertz CT molecular complexity index is 518. The Balaban J connectivity index is 2.19. The van der Waals surface area contributed by atoms with Crippen LogP contribution in [0.3, 0.4) is 0 Å². The lowest BCUT2D eigenvalue weighted by atomic mass is 9.85. The number of hydrogen-bond acceptors (Lipinski definition) is 3. The van der Waals surface area contributed by atoms with Gasteiger partial charge >= 0.3 is 0 Å². The first-order valence-corrected chi connectivity index (χ1v) is 8.04. The van der Waals surface area contributed by atoms with Crippen molar-refractivity contribution >= 4 is 17.2 Å². The first-order chi connectivity index (χ1) is 9.92. The molecule has 1 saturated heterocycles. The van der Waals surface area contributed by atoms with Gasteiger partial charge in [0.25, 0.3) is 0 Å². The minimum absolute atomic E-state index is 0.391. The van der Waals surface area contributed by atoms with E-state index in [0.717, 1.165) is 36.2 Å². The standard InChI is InChI=1S/C17H26N2OS/c1-11-7-12(2)13(3)19(9-11)10-14-5-6-16(20-4)15(8-14)17(18)21/h5-6,8,11-13H,7,9-10H2,1-4H3,(H2,18,21). The maximum atomic E-state index is 5.80. The van der Waals surface area contributed by atoms with E-state index in [9.17, 15) is 0 Å². The molecule has 1 aliphatic rings. The summed E-state index contributed by atoms with van der Waals surface area (Å²) in [6.07, 6.45) is 1.32. The zero-order valence-corrected chi connectivity index (χ0v) is 14.2. The van der Waals surface area contributed by atoms with Gasteiger partial charge in [0.1, 0.15) is 10.7 Å². The summed E-state index contributed by atoms with van der Waals surface area (Å²) >= 11 is 5.12. The van der Waals surface area contributed by atoms with Gasteiger partial charge in [-0.15, -0.1) is 0 Å². The van der Waals surface area contributed by atoms with E-state index in [2.05, 4.69) is 37.8 Å². The minimum atomic E-state index is 0.391. The van der Waals surface area contributed by atoms with Crippen molar-refractivity contribution in [2.24, 2.45) is 17.6 Å². The number of nitrogens with zero attached hydrogens (tertiary/aromatic N) is 1. The van der Waals surface area contributed by atoms with Gasteiger partial charge in [-0.2, -0.15) is 0 Å². The van der Waals surface area contributed by atoms with Crippen LogP contribution >= 0.6 is 12.2 Å². The average Bonchev–Trinajstić information content (AvgIpc) is 2.44. The first kappa shape index (κ1) is 16.2. The minimum Gasteiger partial charge on any atom is -0.496 e. The van der Waals surface area contributed by atoms with Crippen molar-refractivity contribution in [1.82, 2.24) is 4.90 Å². The highest BCUT2D eigenvalue weighted by Gasteiger charge is 2.28. The van der Waals surface area contributed by atoms with Gasteiger partial charge in [0.2, 0.25) is 0 Å². The maximum Gasteiger partial charge on any atom is 0.129 e. The summed E-state index contributed by atoms with van der Waals surface area (Å²) in [7, 11) is 1.65. The molecule has 0 bridgehead atoms. The number of benzene rings is 1. The average molecular weight is 306 g/mol. The number of thiocarbonyl (C=S) groups is 1. The fraction of sp³-hybridized carbons (Fsp3) is 0.588. The molecule has 2 rings (SSSR count). The molecule has 116 valence electrons. The highest BCUT2D eigenvalue weighted by molar-refractivity contribution is 7.80. The van der Waals surface area contributed by atoms with Gasteiger partial charge in [-0.1, -0.05) is 32.1 Å². The van der Waals surface area contributed by atoms with Crippen LogP contribution in [-0.4, -0.2) is 29.6 Å². The molecule has 4 heteroatoms. The molecule has 0 spiro atoms. The number of ether oxygens (including phenoxy) is 1. The topological polar surface area (TPSA) is 38.5 Å². The van der Waals surface area contributed by atoms with Crippen LogP contribution in [0, 0.1) is 11.8 Å². The van der Waals surface area contributed by atoms with E-state index in [-0.39, 0.29) is 0 Å². The summed E-state index contributed by atoms with van der Waals surface area (Å²) in [5, 5.41) is 0. The number of likely N-dealkylation sites (tertiary alicyclic amines) is 1. The molecule has 1 aromatic carbocycles. The molecule has 1 heterocycles. The van der Waals surface area contributed by atoms with Crippen molar-refractivity contribution in [3.8, 4) is 5.75 Å². The highest BCUT2D eigenvalue weighted by atomic mass is 32.1. The predicted octanol–water partition coefficient (Wildman–Crippen LogP) is 3.20. The van der Waals surface area contributed by atoms with Crippen molar-refractivity contribution in [3.63, 3.8) is 0 Å². The normalized spacial score (nSPS) is 26.6. The summed E-state index contributed by atoms with van der Waals surface area (Å²) in [6, 6.07) is 6.75. The van der Waals surface area contributed by atoms with E-state index in [4.69, 9.17) is 22.7 Å². The zero-order valence-electron chi connectivity index (χ0n) is 13.4. The fourth-order valence-corrected chi connectivity index (χ4v) is 3.48. The van der Waals surface area contributed by atoms with Crippen LogP contribution in [0.1, 0.15) is 38.3 Å². The number of hydrogen-bond donors (Lipinski definition) is 1. The maximum absolute atomic E-state index is 5.80. The van der Waals surface area contributed by atoms with Crippen molar-refractivity contribution in [2.75, 3.05) is 13.7 Å². The van der Waals surface area contributed by atoms with Crippen LogP contribution in [0.5, 0.6) is 5.75 Å². The van der Waals surface area contributed by atoms with Gasteiger partial charge < -0.3 is 10.5 Å². The van der Waals surface area contributed by atoms with Gasteiger partial charge in [-0.3, -0.25) is 4.90 Å². The monoisotopic (exact) mass is 306 g/mol. The van der Waals surface area contributed by atoms with Gasteiger partial charge in [0.05, 0.1) is 12.7 Å². The quantitative estimate of drug-likeness (QED) is 0.867. The molecule has 3 nitrogen and oxygen atoms in total. The van der Waals surface area contributed by atoms with Gasteiger partial charge in [-0.05, 0) is 42.9 Å². The molecule has 0 aromatic heterocycles. The van der Waals surface area contributed by atoms with Crippen LogP contribution in [-0.2, 0) is 6.54 Å². The molecule has 1 aromatic rings. The third kappa shape index (κ3) is 3.74. The molecule has 3 unspecified atom stereocenters. The molecule has 0 aliphatic carbocycles. The third-order valence-corrected chi connectivity index (χ3v) is 4.85. The molecule has 3 atom stereocenters. The summed E-state index contributed by atoms with van der Waals surface area (Å²) in [4.78, 5) is 2.95. The van der Waals surface area contributed by atoms with Crippen molar-refractivity contribution < 1.29 is 4.74 Å². The van der Waals surface area contributed by atoms with E-state index in [1.165, 1.54) is 12.0 Å². The zero-order chi connectivity index (χ0) is 15.6. The smallest absolute Gasteiger partial charge is 0.129 e. The molecular formula is C17H26N2OS. The van der Waals surface area contributed by atoms with E-state index >= 15 is 0 Å². The molecule has 21 heavy (non-hydrogen) atoms. The molecule has 1 aliphatic heterocycles. The van der Waals surface area contributed by atoms with E-state index < -0.39 is 0 Å². The second-order valence-corrected chi connectivity index (χ2v) is 6.83. The first-order valence-electron chi connectivity index (χ1n) is 7.63. The number of rotatable bonds is 4. The Morgan fingerprint density at radius 2 is 2.10 bits per heavy atom. The predicted molar refractivity (Wildman–Crippen MR) is 91.7 cm³/mol. The lowest BCUT2D eigenvalue weighted by molar-refractivity contribution is 0.0729. The summed E-state index contributed by atoms with van der Waals surface area (Å²) in [5.41, 5.74) is 7.87. The van der Waals surface area contributed by atoms with Gasteiger partial charge in [-0.25, -0.2) is 0 Å². The molecule has 0 amide bonds. The molecule has 1 fully saturated rings. The highest BCUT2D eigenvalue weighted by Crippen LogP contribution is 2.29. The van der Waals surface area contributed by atoms with Gasteiger partial charge in [0, 0.05) is 19.1 Å². The SMILES string of the molecule is COc1ccc(CN2CC(C)CC(C)C2C)cc1C(N)=S. The van der Waals surface area contributed by atoms with Crippen LogP contribution in [0.2, 0.25) is 0 Å². The van der Waals surface area contributed by atoms with E-state index in [1.54, 1.807) is 7.11 Å². The Morgan fingerprint density at radius 3 is 2.71 bits per heavy atom. The lowest BCUT2D eigenvalue weighted by Gasteiger charge is -2.41. The van der Waals surface area contributed by atoms with Crippen molar-refractivity contribution in [2.45, 2.75) is 39.8 Å². The van der Waals surface area contributed by atoms with E-state index in [1.807, 2.05) is 6.07 Å². The summed E-state index contributed by atoms with van der Waals surface area (Å²) in [5.74, 6) is 2.24. The largest absolute Gasteiger partial charge is 0.496 e. The fourth-order valence-electron chi connectivity index (χ4n) is 3.32.